The number of benzene rings is 1. The highest BCUT2D eigenvalue weighted by molar-refractivity contribution is 6.03. The third-order valence-electron chi connectivity index (χ3n) is 5.84. The summed E-state index contributed by atoms with van der Waals surface area (Å²) >= 11 is 0. The summed E-state index contributed by atoms with van der Waals surface area (Å²) in [6, 6.07) is 5.76. The molecule has 2 amide bonds. The minimum atomic E-state index is -0.173. The van der Waals surface area contributed by atoms with Crippen LogP contribution in [0.5, 0.6) is 5.75 Å². The number of likely N-dealkylation sites (tertiary alicyclic amines) is 1. The van der Waals surface area contributed by atoms with Crippen molar-refractivity contribution in [2.24, 2.45) is 5.92 Å². The maximum atomic E-state index is 13.2. The van der Waals surface area contributed by atoms with E-state index in [4.69, 9.17) is 4.74 Å². The largest absolute Gasteiger partial charge is 0.481 e. The molecule has 5 nitrogen and oxygen atoms in total. The molecule has 2 fully saturated rings. The molecule has 0 aromatic heterocycles. The lowest BCUT2D eigenvalue weighted by atomic mass is 9.84. The van der Waals surface area contributed by atoms with Crippen LogP contribution in [0, 0.1) is 5.92 Å². The first kappa shape index (κ1) is 16.4. The number of hydrogen-bond acceptors (Lipinski definition) is 3. The molecule has 1 atom stereocenters. The third kappa shape index (κ3) is 3.37. The van der Waals surface area contributed by atoms with Gasteiger partial charge in [0.25, 0.3) is 11.8 Å². The Hall–Kier alpha value is -2.04. The van der Waals surface area contributed by atoms with Gasteiger partial charge in [-0.3, -0.25) is 9.59 Å². The van der Waals surface area contributed by atoms with Gasteiger partial charge in [0.05, 0.1) is 11.3 Å². The number of anilines is 1. The van der Waals surface area contributed by atoms with E-state index in [2.05, 4.69) is 5.32 Å². The number of hydrogen-bond donors (Lipinski definition) is 1. The van der Waals surface area contributed by atoms with Crippen LogP contribution in [0.4, 0.5) is 5.69 Å². The Morgan fingerprint density at radius 3 is 2.84 bits per heavy atom. The summed E-state index contributed by atoms with van der Waals surface area (Å²) in [5.41, 5.74) is 1.18. The Morgan fingerprint density at radius 1 is 1.16 bits per heavy atom. The molecule has 0 bridgehead atoms. The zero-order valence-corrected chi connectivity index (χ0v) is 14.6. The molecule has 1 aromatic carbocycles. The number of para-hydroxylation sites is 1. The zero-order chi connectivity index (χ0) is 17.2. The second kappa shape index (κ2) is 7.06. The Labute approximate surface area is 148 Å². The lowest BCUT2D eigenvalue weighted by molar-refractivity contribution is -0.118. The number of nitrogens with one attached hydrogen (secondary N) is 1. The van der Waals surface area contributed by atoms with Gasteiger partial charge in [-0.1, -0.05) is 38.2 Å². The van der Waals surface area contributed by atoms with Crippen LogP contribution in [0.2, 0.25) is 0 Å². The molecule has 3 aliphatic rings. The number of fused-ring (bicyclic) bond motifs is 1. The molecule has 0 spiro atoms. The minimum absolute atomic E-state index is 0.0250. The van der Waals surface area contributed by atoms with E-state index in [0.29, 0.717) is 23.0 Å². The van der Waals surface area contributed by atoms with Crippen molar-refractivity contribution in [2.75, 3.05) is 18.5 Å². The van der Waals surface area contributed by atoms with Gasteiger partial charge >= 0.3 is 0 Å². The third-order valence-corrected chi connectivity index (χ3v) is 5.84. The zero-order valence-electron chi connectivity index (χ0n) is 14.6. The molecule has 25 heavy (non-hydrogen) atoms. The lowest BCUT2D eigenvalue weighted by Gasteiger charge is -2.31. The maximum Gasteiger partial charge on any atom is 0.262 e. The second-order valence-electron chi connectivity index (χ2n) is 7.55. The van der Waals surface area contributed by atoms with Gasteiger partial charge in [0, 0.05) is 12.6 Å². The van der Waals surface area contributed by atoms with Crippen molar-refractivity contribution in [2.45, 2.75) is 57.4 Å². The standard InChI is InChI=1S/C20H26N2O3/c23-18-13-25-19-16(9-4-10-17(19)21-18)20(24)22-11-5-8-15(22)12-14-6-2-1-3-7-14/h4,9-10,14-15H,1-3,5-8,11-13H2,(H,21,23)/t15-/m1/s1. The Morgan fingerprint density at radius 2 is 2.00 bits per heavy atom. The summed E-state index contributed by atoms with van der Waals surface area (Å²) in [4.78, 5) is 26.7. The number of rotatable bonds is 3. The average molecular weight is 342 g/mol. The second-order valence-corrected chi connectivity index (χ2v) is 7.55. The molecule has 2 heterocycles. The molecule has 1 saturated heterocycles. The van der Waals surface area contributed by atoms with Crippen molar-refractivity contribution in [3.63, 3.8) is 0 Å². The quantitative estimate of drug-likeness (QED) is 0.913. The summed E-state index contributed by atoms with van der Waals surface area (Å²) < 4.78 is 5.57. The van der Waals surface area contributed by atoms with E-state index in [1.54, 1.807) is 6.07 Å². The molecular formula is C20H26N2O3. The fraction of sp³-hybridized carbons (Fsp3) is 0.600. The fourth-order valence-corrected chi connectivity index (χ4v) is 4.59. The lowest BCUT2D eigenvalue weighted by Crippen LogP contribution is -2.37. The average Bonchev–Trinajstić information content (AvgIpc) is 3.09. The predicted molar refractivity (Wildman–Crippen MR) is 95.8 cm³/mol. The van der Waals surface area contributed by atoms with Crippen LogP contribution in [-0.2, 0) is 4.79 Å². The van der Waals surface area contributed by atoms with Gasteiger partial charge in [-0.05, 0) is 37.3 Å². The van der Waals surface area contributed by atoms with E-state index in [-0.39, 0.29) is 18.4 Å². The molecule has 5 heteroatoms. The van der Waals surface area contributed by atoms with Gasteiger partial charge in [0.15, 0.2) is 12.4 Å². The first-order valence-electron chi connectivity index (χ1n) is 9.59. The van der Waals surface area contributed by atoms with Crippen LogP contribution in [0.15, 0.2) is 18.2 Å². The topological polar surface area (TPSA) is 58.6 Å². The molecule has 1 aromatic rings. The van der Waals surface area contributed by atoms with Crippen LogP contribution in [0.25, 0.3) is 0 Å². The number of ether oxygens (including phenoxy) is 1. The predicted octanol–water partition coefficient (Wildman–Crippen LogP) is 3.59. The number of carbonyl (C=O) groups is 2. The van der Waals surface area contributed by atoms with Crippen LogP contribution in [-0.4, -0.2) is 35.9 Å². The first-order chi connectivity index (χ1) is 12.2. The summed E-state index contributed by atoms with van der Waals surface area (Å²) in [5.74, 6) is 1.17. The Bertz CT molecular complexity index is 667. The fourth-order valence-electron chi connectivity index (χ4n) is 4.59. The molecular weight excluding hydrogens is 316 g/mol. The van der Waals surface area contributed by atoms with Gasteiger partial charge in [-0.2, -0.15) is 0 Å². The monoisotopic (exact) mass is 342 g/mol. The molecule has 0 unspecified atom stereocenters. The molecule has 1 aliphatic carbocycles. The number of nitrogens with zero attached hydrogens (tertiary/aromatic N) is 1. The molecule has 1 saturated carbocycles. The van der Waals surface area contributed by atoms with Gasteiger partial charge in [-0.25, -0.2) is 0 Å². The maximum absolute atomic E-state index is 13.2. The van der Waals surface area contributed by atoms with Crippen LogP contribution < -0.4 is 10.1 Å². The van der Waals surface area contributed by atoms with E-state index >= 15 is 0 Å². The highest BCUT2D eigenvalue weighted by atomic mass is 16.5. The van der Waals surface area contributed by atoms with Crippen molar-refractivity contribution < 1.29 is 14.3 Å². The normalized spacial score (nSPS) is 23.8. The van der Waals surface area contributed by atoms with Crippen molar-refractivity contribution in [3.8, 4) is 5.75 Å². The Kier molecular flexibility index (Phi) is 4.64. The first-order valence-corrected chi connectivity index (χ1v) is 9.59. The van der Waals surface area contributed by atoms with Gasteiger partial charge in [0.2, 0.25) is 0 Å². The van der Waals surface area contributed by atoms with E-state index in [1.807, 2.05) is 17.0 Å². The molecule has 1 N–H and O–H groups in total. The van der Waals surface area contributed by atoms with Crippen molar-refractivity contribution >= 4 is 17.5 Å². The van der Waals surface area contributed by atoms with E-state index in [1.165, 1.54) is 32.1 Å². The van der Waals surface area contributed by atoms with E-state index in [9.17, 15) is 9.59 Å². The van der Waals surface area contributed by atoms with Crippen LogP contribution >= 0.6 is 0 Å². The Balaban J connectivity index is 1.52. The molecule has 134 valence electrons. The van der Waals surface area contributed by atoms with Crippen molar-refractivity contribution in [1.82, 2.24) is 4.90 Å². The molecule has 4 rings (SSSR count). The van der Waals surface area contributed by atoms with Gasteiger partial charge in [-0.15, -0.1) is 0 Å². The summed E-state index contributed by atoms with van der Waals surface area (Å²) in [6.45, 7) is 0.801. The van der Waals surface area contributed by atoms with Crippen LogP contribution in [0.3, 0.4) is 0 Å². The van der Waals surface area contributed by atoms with Crippen molar-refractivity contribution in [3.05, 3.63) is 23.8 Å². The van der Waals surface area contributed by atoms with Crippen LogP contribution in [0.1, 0.15) is 61.7 Å². The van der Waals surface area contributed by atoms with E-state index in [0.717, 1.165) is 31.7 Å². The number of carbonyl (C=O) groups excluding carboxylic acids is 2. The number of amides is 2. The SMILES string of the molecule is O=C1COc2c(cccc2C(=O)N2CCC[C@@H]2CC2CCCCC2)N1. The van der Waals surface area contributed by atoms with Gasteiger partial charge < -0.3 is 15.0 Å². The summed E-state index contributed by atoms with van der Waals surface area (Å²) in [7, 11) is 0. The summed E-state index contributed by atoms with van der Waals surface area (Å²) in [6.07, 6.45) is 9.99. The minimum Gasteiger partial charge on any atom is -0.481 e. The van der Waals surface area contributed by atoms with Crippen molar-refractivity contribution in [1.29, 1.82) is 0 Å². The summed E-state index contributed by atoms with van der Waals surface area (Å²) in [5, 5.41) is 2.79. The van der Waals surface area contributed by atoms with Gasteiger partial charge in [0.1, 0.15) is 0 Å². The highest BCUT2D eigenvalue weighted by Crippen LogP contribution is 2.36. The highest BCUT2D eigenvalue weighted by Gasteiger charge is 2.34. The molecule has 2 aliphatic heterocycles. The molecule has 0 radical (unpaired) electrons. The smallest absolute Gasteiger partial charge is 0.262 e. The van der Waals surface area contributed by atoms with E-state index < -0.39 is 0 Å².